The van der Waals surface area contributed by atoms with E-state index in [1.165, 1.54) is 12.8 Å². The van der Waals surface area contributed by atoms with Gasteiger partial charge in [0.1, 0.15) is 0 Å². The number of morpholine rings is 1. The number of nitrogens with one attached hydrogen (secondary N) is 1. The van der Waals surface area contributed by atoms with Crippen LogP contribution in [0, 0.1) is 0 Å². The molecule has 0 aromatic carbocycles. The van der Waals surface area contributed by atoms with Crippen molar-refractivity contribution in [1.29, 1.82) is 0 Å². The topological polar surface area (TPSA) is 50.3 Å². The Hall–Kier alpha value is -1.20. The van der Waals surface area contributed by atoms with E-state index < -0.39 is 0 Å². The lowest BCUT2D eigenvalue weighted by Gasteiger charge is -2.38. The maximum absolute atomic E-state index is 5.72. The van der Waals surface area contributed by atoms with E-state index in [0.717, 1.165) is 43.7 Å². The first-order chi connectivity index (χ1) is 9.76. The number of hydrogen-bond acceptors (Lipinski definition) is 5. The van der Waals surface area contributed by atoms with Crippen LogP contribution in [0.25, 0.3) is 0 Å². The van der Waals surface area contributed by atoms with Gasteiger partial charge in [-0.3, -0.25) is 0 Å². The zero-order chi connectivity index (χ0) is 13.9. The summed E-state index contributed by atoms with van der Waals surface area (Å²) >= 11 is 0. The van der Waals surface area contributed by atoms with Crippen LogP contribution >= 0.6 is 0 Å². The highest BCUT2D eigenvalue weighted by Crippen LogP contribution is 2.21. The lowest BCUT2D eigenvalue weighted by molar-refractivity contribution is 0.0292. The van der Waals surface area contributed by atoms with Gasteiger partial charge in [-0.15, -0.1) is 0 Å². The molecule has 0 spiro atoms. The van der Waals surface area contributed by atoms with Gasteiger partial charge in [0.15, 0.2) is 0 Å². The largest absolute Gasteiger partial charge is 0.375 e. The lowest BCUT2D eigenvalue weighted by Crippen LogP contribution is -2.49. The predicted molar refractivity (Wildman–Crippen MR) is 78.7 cm³/mol. The third kappa shape index (κ3) is 3.27. The van der Waals surface area contributed by atoms with Crippen molar-refractivity contribution in [1.82, 2.24) is 15.3 Å². The summed E-state index contributed by atoms with van der Waals surface area (Å²) in [5, 5.41) is 3.49. The van der Waals surface area contributed by atoms with Crippen LogP contribution in [0.1, 0.15) is 38.7 Å². The van der Waals surface area contributed by atoms with E-state index >= 15 is 0 Å². The fourth-order valence-electron chi connectivity index (χ4n) is 2.56. The highest BCUT2D eigenvalue weighted by molar-refractivity contribution is 5.33. The number of rotatable bonds is 5. The zero-order valence-corrected chi connectivity index (χ0v) is 12.4. The van der Waals surface area contributed by atoms with Crippen LogP contribution in [0.2, 0.25) is 0 Å². The van der Waals surface area contributed by atoms with Gasteiger partial charge in [0.2, 0.25) is 5.95 Å². The standard InChI is InChI=1S/C15H24N4O/c1-3-14-10-20-11(2)9-19(14)15-17-7-12(8-18-15)6-16-13-4-5-13/h7-8,11,13-14,16H,3-6,9-10H2,1-2H3. The molecule has 110 valence electrons. The zero-order valence-electron chi connectivity index (χ0n) is 12.4. The molecular weight excluding hydrogens is 252 g/mol. The summed E-state index contributed by atoms with van der Waals surface area (Å²) in [6.07, 6.45) is 7.82. The highest BCUT2D eigenvalue weighted by atomic mass is 16.5. The Bertz CT molecular complexity index is 432. The summed E-state index contributed by atoms with van der Waals surface area (Å²) in [6, 6.07) is 1.11. The molecule has 0 bridgehead atoms. The Morgan fingerprint density at radius 1 is 1.35 bits per heavy atom. The molecule has 3 rings (SSSR count). The summed E-state index contributed by atoms with van der Waals surface area (Å²) in [4.78, 5) is 11.4. The van der Waals surface area contributed by atoms with E-state index in [0.29, 0.717) is 6.04 Å². The Balaban J connectivity index is 1.65. The second kappa shape index (κ2) is 6.06. The van der Waals surface area contributed by atoms with Crippen molar-refractivity contribution in [3.63, 3.8) is 0 Å². The molecule has 2 aliphatic rings. The van der Waals surface area contributed by atoms with Gasteiger partial charge in [-0.2, -0.15) is 0 Å². The van der Waals surface area contributed by atoms with Crippen molar-refractivity contribution in [3.05, 3.63) is 18.0 Å². The number of nitrogens with zero attached hydrogens (tertiary/aromatic N) is 3. The molecule has 1 aliphatic heterocycles. The van der Waals surface area contributed by atoms with Crippen molar-refractivity contribution < 1.29 is 4.74 Å². The highest BCUT2D eigenvalue weighted by Gasteiger charge is 2.27. The van der Waals surface area contributed by atoms with Crippen molar-refractivity contribution in [2.45, 2.75) is 57.8 Å². The molecule has 1 aliphatic carbocycles. The summed E-state index contributed by atoms with van der Waals surface area (Å²) in [5.41, 5.74) is 1.16. The molecular formula is C15H24N4O. The number of anilines is 1. The van der Waals surface area contributed by atoms with E-state index in [-0.39, 0.29) is 6.10 Å². The molecule has 2 unspecified atom stereocenters. The van der Waals surface area contributed by atoms with Gasteiger partial charge in [-0.1, -0.05) is 6.92 Å². The van der Waals surface area contributed by atoms with Crippen LogP contribution in [0.15, 0.2) is 12.4 Å². The van der Waals surface area contributed by atoms with Crippen LogP contribution in [0.4, 0.5) is 5.95 Å². The molecule has 1 saturated carbocycles. The van der Waals surface area contributed by atoms with Gasteiger partial charge in [-0.05, 0) is 26.2 Å². The molecule has 2 heterocycles. The molecule has 2 atom stereocenters. The molecule has 2 fully saturated rings. The van der Waals surface area contributed by atoms with Crippen LogP contribution in [0.3, 0.4) is 0 Å². The molecule has 1 aromatic rings. The average Bonchev–Trinajstić information content (AvgIpc) is 3.30. The lowest BCUT2D eigenvalue weighted by atomic mass is 10.1. The van der Waals surface area contributed by atoms with Gasteiger partial charge in [0, 0.05) is 37.1 Å². The van der Waals surface area contributed by atoms with Crippen molar-refractivity contribution in [2.75, 3.05) is 18.1 Å². The summed E-state index contributed by atoms with van der Waals surface area (Å²) in [5.74, 6) is 0.835. The SMILES string of the molecule is CCC1COC(C)CN1c1ncc(CNC2CC2)cn1. The minimum Gasteiger partial charge on any atom is -0.375 e. The molecule has 0 amide bonds. The van der Waals surface area contributed by atoms with Gasteiger partial charge < -0.3 is 15.0 Å². The number of ether oxygens (including phenoxy) is 1. The minimum absolute atomic E-state index is 0.248. The first kappa shape index (κ1) is 13.8. The van der Waals surface area contributed by atoms with Gasteiger partial charge >= 0.3 is 0 Å². The average molecular weight is 276 g/mol. The summed E-state index contributed by atoms with van der Waals surface area (Å²) in [7, 11) is 0. The predicted octanol–water partition coefficient (Wildman–Crippen LogP) is 1.73. The van der Waals surface area contributed by atoms with E-state index in [2.05, 4.69) is 34.0 Å². The van der Waals surface area contributed by atoms with Crippen molar-refractivity contribution in [2.24, 2.45) is 0 Å². The Labute approximate surface area is 120 Å². The van der Waals surface area contributed by atoms with Gasteiger partial charge in [0.25, 0.3) is 0 Å². The second-order valence-corrected chi connectivity index (χ2v) is 5.90. The molecule has 1 aromatic heterocycles. The van der Waals surface area contributed by atoms with Crippen LogP contribution in [-0.4, -0.2) is 41.3 Å². The quantitative estimate of drug-likeness (QED) is 0.887. The molecule has 1 N–H and O–H groups in total. The third-order valence-corrected chi connectivity index (χ3v) is 4.06. The fraction of sp³-hybridized carbons (Fsp3) is 0.733. The minimum atomic E-state index is 0.248. The maximum Gasteiger partial charge on any atom is 0.225 e. The normalized spacial score (nSPS) is 26.8. The van der Waals surface area contributed by atoms with Gasteiger partial charge in [-0.25, -0.2) is 9.97 Å². The van der Waals surface area contributed by atoms with E-state index in [1.54, 1.807) is 0 Å². The van der Waals surface area contributed by atoms with E-state index in [1.807, 2.05) is 12.4 Å². The van der Waals surface area contributed by atoms with Crippen molar-refractivity contribution in [3.8, 4) is 0 Å². The maximum atomic E-state index is 5.72. The number of aromatic nitrogens is 2. The Kier molecular flexibility index (Phi) is 4.17. The van der Waals surface area contributed by atoms with Crippen LogP contribution in [-0.2, 0) is 11.3 Å². The molecule has 5 nitrogen and oxygen atoms in total. The summed E-state index contributed by atoms with van der Waals surface area (Å²) in [6.45, 7) is 6.81. The molecule has 20 heavy (non-hydrogen) atoms. The Morgan fingerprint density at radius 3 is 2.75 bits per heavy atom. The van der Waals surface area contributed by atoms with E-state index in [9.17, 15) is 0 Å². The smallest absolute Gasteiger partial charge is 0.225 e. The fourth-order valence-corrected chi connectivity index (χ4v) is 2.56. The first-order valence-electron chi connectivity index (χ1n) is 7.68. The molecule has 0 radical (unpaired) electrons. The van der Waals surface area contributed by atoms with Gasteiger partial charge in [0.05, 0.1) is 18.8 Å². The first-order valence-corrected chi connectivity index (χ1v) is 7.68. The molecule has 5 heteroatoms. The third-order valence-electron chi connectivity index (χ3n) is 4.06. The second-order valence-electron chi connectivity index (χ2n) is 5.90. The monoisotopic (exact) mass is 276 g/mol. The van der Waals surface area contributed by atoms with E-state index in [4.69, 9.17) is 4.74 Å². The van der Waals surface area contributed by atoms with Crippen LogP contribution < -0.4 is 10.2 Å². The Morgan fingerprint density at radius 2 is 2.10 bits per heavy atom. The summed E-state index contributed by atoms with van der Waals surface area (Å²) < 4.78 is 5.72. The molecule has 1 saturated heterocycles. The number of hydrogen-bond donors (Lipinski definition) is 1. The van der Waals surface area contributed by atoms with Crippen LogP contribution in [0.5, 0.6) is 0 Å². The van der Waals surface area contributed by atoms with Crippen molar-refractivity contribution >= 4 is 5.95 Å².